The maximum absolute atomic E-state index is 13.0. The van der Waals surface area contributed by atoms with Gasteiger partial charge in [-0.15, -0.1) is 0 Å². The zero-order valence-electron chi connectivity index (χ0n) is 13.7. The van der Waals surface area contributed by atoms with Gasteiger partial charge in [-0.25, -0.2) is 0 Å². The molecule has 0 bridgehead atoms. The lowest BCUT2D eigenvalue weighted by atomic mass is 9.67. The first-order valence-corrected chi connectivity index (χ1v) is 8.29. The molecule has 0 radical (unpaired) electrons. The average molecular weight is 327 g/mol. The average Bonchev–Trinajstić information content (AvgIpc) is 3.15. The summed E-state index contributed by atoms with van der Waals surface area (Å²) in [6.45, 7) is 0.617. The summed E-state index contributed by atoms with van der Waals surface area (Å²) in [7, 11) is 1.60. The molecule has 1 saturated heterocycles. The number of aromatic amines is 1. The molecule has 2 fully saturated rings. The Kier molecular flexibility index (Phi) is 3.30. The summed E-state index contributed by atoms with van der Waals surface area (Å²) in [4.78, 5) is 29.6. The molecule has 1 unspecified atom stereocenters. The summed E-state index contributed by atoms with van der Waals surface area (Å²) in [5.41, 5.74) is 6.97. The highest BCUT2D eigenvalue weighted by Gasteiger charge is 2.51. The molecule has 126 valence electrons. The molecule has 6 nitrogen and oxygen atoms in total. The number of nitrogens with two attached hydrogens (primary N) is 1. The van der Waals surface area contributed by atoms with E-state index in [4.69, 9.17) is 10.5 Å². The SMILES string of the molecule is COc1cccc2[nH]c(C(=O)N3CC4(CCC4)CC3C(N)=O)cc12. The van der Waals surface area contributed by atoms with Crippen LogP contribution in [-0.4, -0.2) is 41.4 Å². The second-order valence-electron chi connectivity index (χ2n) is 7.01. The zero-order valence-corrected chi connectivity index (χ0v) is 13.7. The smallest absolute Gasteiger partial charge is 0.271 e. The van der Waals surface area contributed by atoms with Gasteiger partial charge in [-0.05, 0) is 42.9 Å². The number of aromatic nitrogens is 1. The Morgan fingerprint density at radius 2 is 2.17 bits per heavy atom. The van der Waals surface area contributed by atoms with E-state index in [0.29, 0.717) is 24.4 Å². The van der Waals surface area contributed by atoms with Crippen molar-refractivity contribution in [3.63, 3.8) is 0 Å². The summed E-state index contributed by atoms with van der Waals surface area (Å²) in [6.07, 6.45) is 4.00. The van der Waals surface area contributed by atoms with Gasteiger partial charge >= 0.3 is 0 Å². The minimum Gasteiger partial charge on any atom is -0.496 e. The highest BCUT2D eigenvalue weighted by atomic mass is 16.5. The van der Waals surface area contributed by atoms with Gasteiger partial charge in [-0.2, -0.15) is 0 Å². The summed E-state index contributed by atoms with van der Waals surface area (Å²) in [6, 6.07) is 6.91. The van der Waals surface area contributed by atoms with Crippen LogP contribution in [0.2, 0.25) is 0 Å². The van der Waals surface area contributed by atoms with Crippen molar-refractivity contribution >= 4 is 22.7 Å². The summed E-state index contributed by atoms with van der Waals surface area (Å²) < 4.78 is 5.35. The van der Waals surface area contributed by atoms with Crippen LogP contribution in [0.15, 0.2) is 24.3 Å². The molecule has 1 saturated carbocycles. The Bertz CT molecular complexity index is 822. The molecule has 2 amide bonds. The van der Waals surface area contributed by atoms with Gasteiger partial charge in [0.05, 0.1) is 7.11 Å². The highest BCUT2D eigenvalue weighted by Crippen LogP contribution is 2.50. The predicted molar refractivity (Wildman–Crippen MR) is 89.8 cm³/mol. The van der Waals surface area contributed by atoms with Crippen molar-refractivity contribution in [3.8, 4) is 5.75 Å². The third kappa shape index (κ3) is 2.17. The Labute approximate surface area is 139 Å². The van der Waals surface area contributed by atoms with Crippen LogP contribution in [0.4, 0.5) is 0 Å². The van der Waals surface area contributed by atoms with E-state index in [1.54, 1.807) is 18.1 Å². The van der Waals surface area contributed by atoms with Crippen molar-refractivity contribution in [2.75, 3.05) is 13.7 Å². The van der Waals surface area contributed by atoms with Crippen LogP contribution in [0.1, 0.15) is 36.2 Å². The van der Waals surface area contributed by atoms with E-state index in [9.17, 15) is 9.59 Å². The van der Waals surface area contributed by atoms with Crippen molar-refractivity contribution in [1.29, 1.82) is 0 Å². The lowest BCUT2D eigenvalue weighted by Gasteiger charge is -2.37. The molecule has 3 N–H and O–H groups in total. The lowest BCUT2D eigenvalue weighted by molar-refractivity contribution is -0.121. The molecule has 2 aliphatic rings. The summed E-state index contributed by atoms with van der Waals surface area (Å²) in [5.74, 6) is 0.132. The number of likely N-dealkylation sites (tertiary alicyclic amines) is 1. The van der Waals surface area contributed by atoms with Gasteiger partial charge in [-0.3, -0.25) is 9.59 Å². The predicted octanol–water partition coefficient (Wildman–Crippen LogP) is 2.05. The fourth-order valence-corrected chi connectivity index (χ4v) is 4.14. The zero-order chi connectivity index (χ0) is 16.9. The molecule has 1 aliphatic carbocycles. The molecule has 2 heterocycles. The van der Waals surface area contributed by atoms with E-state index in [2.05, 4.69) is 4.98 Å². The van der Waals surface area contributed by atoms with Gasteiger partial charge in [0.1, 0.15) is 17.5 Å². The minimum atomic E-state index is -0.508. The topological polar surface area (TPSA) is 88.4 Å². The van der Waals surface area contributed by atoms with Crippen molar-refractivity contribution in [3.05, 3.63) is 30.0 Å². The number of ether oxygens (including phenoxy) is 1. The fourth-order valence-electron chi connectivity index (χ4n) is 4.14. The third-order valence-electron chi connectivity index (χ3n) is 5.59. The van der Waals surface area contributed by atoms with Gasteiger partial charge < -0.3 is 20.4 Å². The number of carbonyl (C=O) groups is 2. The van der Waals surface area contributed by atoms with E-state index >= 15 is 0 Å². The van der Waals surface area contributed by atoms with Gasteiger partial charge in [-0.1, -0.05) is 12.5 Å². The van der Waals surface area contributed by atoms with Crippen LogP contribution < -0.4 is 10.5 Å². The van der Waals surface area contributed by atoms with Crippen LogP contribution in [0.3, 0.4) is 0 Å². The van der Waals surface area contributed by atoms with Gasteiger partial charge in [0, 0.05) is 17.4 Å². The second-order valence-corrected chi connectivity index (χ2v) is 7.01. The van der Waals surface area contributed by atoms with Crippen molar-refractivity contribution in [2.24, 2.45) is 11.1 Å². The number of hydrogen-bond donors (Lipinski definition) is 2. The summed E-state index contributed by atoms with van der Waals surface area (Å²) >= 11 is 0. The normalized spacial score (nSPS) is 21.9. The highest BCUT2D eigenvalue weighted by molar-refractivity contribution is 6.01. The van der Waals surface area contributed by atoms with Crippen LogP contribution in [0, 0.1) is 5.41 Å². The molecule has 1 aromatic carbocycles. The fraction of sp³-hybridized carbons (Fsp3) is 0.444. The number of rotatable bonds is 3. The maximum Gasteiger partial charge on any atom is 0.271 e. The number of carbonyl (C=O) groups excluding carboxylic acids is 2. The van der Waals surface area contributed by atoms with Gasteiger partial charge in [0.25, 0.3) is 5.91 Å². The van der Waals surface area contributed by atoms with Crippen LogP contribution in [-0.2, 0) is 4.79 Å². The number of amides is 2. The molecule has 1 aliphatic heterocycles. The van der Waals surface area contributed by atoms with E-state index in [0.717, 1.165) is 30.2 Å². The van der Waals surface area contributed by atoms with Crippen molar-refractivity contribution < 1.29 is 14.3 Å². The first kappa shape index (κ1) is 15.1. The number of benzene rings is 1. The Balaban J connectivity index is 1.68. The number of nitrogens with zero attached hydrogens (tertiary/aromatic N) is 1. The number of H-pyrrole nitrogens is 1. The number of nitrogens with one attached hydrogen (secondary N) is 1. The molecular formula is C18H21N3O3. The second kappa shape index (κ2) is 5.26. The monoisotopic (exact) mass is 327 g/mol. The van der Waals surface area contributed by atoms with E-state index in [1.165, 1.54) is 0 Å². The molecule has 4 rings (SSSR count). The largest absolute Gasteiger partial charge is 0.496 e. The van der Waals surface area contributed by atoms with Crippen LogP contribution in [0.25, 0.3) is 10.9 Å². The molecule has 24 heavy (non-hydrogen) atoms. The standard InChI is InChI=1S/C18H21N3O3/c1-24-15-5-2-4-12-11(15)8-13(20-12)17(23)21-10-18(6-3-7-18)9-14(21)16(19)22/h2,4-5,8,14,20H,3,6-7,9-10H2,1H3,(H2,19,22). The van der Waals surface area contributed by atoms with Crippen LogP contribution >= 0.6 is 0 Å². The van der Waals surface area contributed by atoms with E-state index in [1.807, 2.05) is 18.2 Å². The molecule has 1 atom stereocenters. The molecule has 1 aromatic heterocycles. The molecular weight excluding hydrogens is 306 g/mol. The van der Waals surface area contributed by atoms with E-state index in [-0.39, 0.29) is 11.3 Å². The Morgan fingerprint density at radius 1 is 1.38 bits per heavy atom. The van der Waals surface area contributed by atoms with E-state index < -0.39 is 11.9 Å². The van der Waals surface area contributed by atoms with Crippen molar-refractivity contribution in [2.45, 2.75) is 31.7 Å². The minimum absolute atomic E-state index is 0.0963. The lowest BCUT2D eigenvalue weighted by Crippen LogP contribution is -2.44. The van der Waals surface area contributed by atoms with Crippen LogP contribution in [0.5, 0.6) is 5.75 Å². The van der Waals surface area contributed by atoms with Crippen molar-refractivity contribution in [1.82, 2.24) is 9.88 Å². The first-order chi connectivity index (χ1) is 11.5. The third-order valence-corrected chi connectivity index (χ3v) is 5.59. The maximum atomic E-state index is 13.0. The molecule has 6 heteroatoms. The van der Waals surface area contributed by atoms with Gasteiger partial charge in [0.15, 0.2) is 0 Å². The summed E-state index contributed by atoms with van der Waals surface area (Å²) in [5, 5.41) is 0.858. The molecule has 1 spiro atoms. The number of fused-ring (bicyclic) bond motifs is 1. The number of primary amides is 1. The molecule has 2 aromatic rings. The quantitative estimate of drug-likeness (QED) is 0.904. The van der Waals surface area contributed by atoms with Gasteiger partial charge in [0.2, 0.25) is 5.91 Å². The number of methoxy groups -OCH3 is 1. The number of hydrogen-bond acceptors (Lipinski definition) is 3. The Hall–Kier alpha value is -2.50. The Morgan fingerprint density at radius 3 is 2.79 bits per heavy atom. The first-order valence-electron chi connectivity index (χ1n) is 8.29.